The topological polar surface area (TPSA) is 51.5 Å². The van der Waals surface area contributed by atoms with E-state index in [0.717, 1.165) is 43.2 Å². The molecule has 2 aromatic heterocycles. The summed E-state index contributed by atoms with van der Waals surface area (Å²) in [4.78, 5) is 4.35. The maximum absolute atomic E-state index is 5.55. The molecule has 0 aliphatic heterocycles. The van der Waals surface area contributed by atoms with Crippen molar-refractivity contribution in [1.82, 2.24) is 14.6 Å². The van der Waals surface area contributed by atoms with Gasteiger partial charge in [-0.05, 0) is 25.3 Å². The number of aryl methyl sites for hydroxylation is 1. The van der Waals surface area contributed by atoms with Gasteiger partial charge in [-0.1, -0.05) is 13.8 Å². The summed E-state index contributed by atoms with van der Waals surface area (Å²) in [6, 6.07) is 2.03. The molecule has 0 aromatic carbocycles. The van der Waals surface area contributed by atoms with Crippen LogP contribution in [0, 0.1) is 12.8 Å². The van der Waals surface area contributed by atoms with E-state index >= 15 is 0 Å². The van der Waals surface area contributed by atoms with Gasteiger partial charge in [-0.2, -0.15) is 5.10 Å². The molecule has 2 aromatic rings. The third-order valence-electron chi connectivity index (χ3n) is 2.72. The van der Waals surface area contributed by atoms with Crippen LogP contribution >= 0.6 is 0 Å². The molecule has 0 aliphatic carbocycles. The van der Waals surface area contributed by atoms with Gasteiger partial charge in [0.05, 0.1) is 5.69 Å². The van der Waals surface area contributed by atoms with E-state index in [9.17, 15) is 0 Å². The largest absolute Gasteiger partial charge is 0.381 e. The summed E-state index contributed by atoms with van der Waals surface area (Å²) in [6.07, 6.45) is 4.60. The highest BCUT2D eigenvalue weighted by molar-refractivity contribution is 5.67. The van der Waals surface area contributed by atoms with Crippen LogP contribution in [-0.2, 0) is 4.74 Å². The van der Waals surface area contributed by atoms with Crippen molar-refractivity contribution in [3.05, 3.63) is 24.2 Å². The molecule has 0 saturated carbocycles. The number of nitrogens with one attached hydrogen (secondary N) is 1. The molecule has 0 radical (unpaired) electrons. The summed E-state index contributed by atoms with van der Waals surface area (Å²) in [5.74, 6) is 1.48. The minimum absolute atomic E-state index is 0.596. The molecule has 1 N–H and O–H groups in total. The fraction of sp³-hybridized carbons (Fsp3) is 0.571. The predicted molar refractivity (Wildman–Crippen MR) is 76.5 cm³/mol. The summed E-state index contributed by atoms with van der Waals surface area (Å²) in [5, 5.41) is 7.70. The second kappa shape index (κ2) is 6.52. The summed E-state index contributed by atoms with van der Waals surface area (Å²) >= 11 is 0. The van der Waals surface area contributed by atoms with Crippen molar-refractivity contribution in [2.24, 2.45) is 5.92 Å². The number of rotatable bonds is 7. The minimum atomic E-state index is 0.596. The Morgan fingerprint density at radius 3 is 3.05 bits per heavy atom. The molecule has 0 atom stereocenters. The molecule has 104 valence electrons. The zero-order valence-electron chi connectivity index (χ0n) is 11.9. The molecular formula is C14H22N4O. The van der Waals surface area contributed by atoms with Crippen LogP contribution < -0.4 is 5.32 Å². The van der Waals surface area contributed by atoms with E-state index in [0.29, 0.717) is 5.92 Å². The minimum Gasteiger partial charge on any atom is -0.381 e. The van der Waals surface area contributed by atoms with Gasteiger partial charge in [-0.25, -0.2) is 9.50 Å². The van der Waals surface area contributed by atoms with Crippen LogP contribution in [0.4, 0.5) is 5.82 Å². The lowest BCUT2D eigenvalue weighted by atomic mass is 10.2. The first-order valence-electron chi connectivity index (χ1n) is 6.79. The van der Waals surface area contributed by atoms with Crippen LogP contribution in [0.1, 0.15) is 26.0 Å². The fourth-order valence-electron chi connectivity index (χ4n) is 1.88. The first kappa shape index (κ1) is 13.8. The normalized spacial score (nSPS) is 11.4. The summed E-state index contributed by atoms with van der Waals surface area (Å²) in [7, 11) is 0. The molecule has 2 heterocycles. The summed E-state index contributed by atoms with van der Waals surface area (Å²) in [6.45, 7) is 8.77. The van der Waals surface area contributed by atoms with E-state index < -0.39 is 0 Å². The monoisotopic (exact) mass is 262 g/mol. The number of fused-ring (bicyclic) bond motifs is 1. The molecule has 0 unspecified atom stereocenters. The number of nitrogens with zero attached hydrogens (tertiary/aromatic N) is 3. The van der Waals surface area contributed by atoms with Crippen molar-refractivity contribution in [3.63, 3.8) is 0 Å². The quantitative estimate of drug-likeness (QED) is 0.779. The Balaban J connectivity index is 1.81. The molecule has 5 heteroatoms. The molecule has 0 aliphatic rings. The zero-order valence-corrected chi connectivity index (χ0v) is 11.9. The highest BCUT2D eigenvalue weighted by Gasteiger charge is 2.04. The van der Waals surface area contributed by atoms with Crippen molar-refractivity contribution in [1.29, 1.82) is 0 Å². The molecular weight excluding hydrogens is 240 g/mol. The van der Waals surface area contributed by atoms with E-state index in [1.807, 2.05) is 23.7 Å². The Morgan fingerprint density at radius 2 is 2.26 bits per heavy atom. The van der Waals surface area contributed by atoms with Gasteiger partial charge in [0, 0.05) is 32.2 Å². The van der Waals surface area contributed by atoms with Gasteiger partial charge in [0.1, 0.15) is 5.52 Å². The zero-order chi connectivity index (χ0) is 13.7. The Labute approximate surface area is 114 Å². The summed E-state index contributed by atoms with van der Waals surface area (Å²) in [5.41, 5.74) is 2.01. The number of anilines is 1. The molecule has 0 bridgehead atoms. The number of ether oxygens (including phenoxy) is 1. The van der Waals surface area contributed by atoms with Crippen molar-refractivity contribution in [2.45, 2.75) is 27.2 Å². The van der Waals surface area contributed by atoms with Gasteiger partial charge in [-0.3, -0.25) is 0 Å². The van der Waals surface area contributed by atoms with Gasteiger partial charge in [0.15, 0.2) is 5.82 Å². The predicted octanol–water partition coefficient (Wildman–Crippen LogP) is 2.51. The van der Waals surface area contributed by atoms with Gasteiger partial charge in [0.25, 0.3) is 0 Å². The lowest BCUT2D eigenvalue weighted by Gasteiger charge is -2.08. The molecule has 19 heavy (non-hydrogen) atoms. The average Bonchev–Trinajstić information content (AvgIpc) is 2.74. The second-order valence-electron chi connectivity index (χ2n) is 5.14. The Bertz CT molecular complexity index is 521. The van der Waals surface area contributed by atoms with Gasteiger partial charge >= 0.3 is 0 Å². The SMILES string of the molecule is Cc1cc2c(NCCCOCC(C)C)nccn2n1. The first-order chi connectivity index (χ1) is 9.16. The Hall–Kier alpha value is -1.62. The highest BCUT2D eigenvalue weighted by Crippen LogP contribution is 2.14. The van der Waals surface area contributed by atoms with Crippen LogP contribution in [0.2, 0.25) is 0 Å². The number of hydrogen-bond acceptors (Lipinski definition) is 4. The second-order valence-corrected chi connectivity index (χ2v) is 5.14. The van der Waals surface area contributed by atoms with Crippen LogP contribution in [0.15, 0.2) is 18.5 Å². The van der Waals surface area contributed by atoms with E-state index in [1.54, 1.807) is 6.20 Å². The van der Waals surface area contributed by atoms with Crippen molar-refractivity contribution in [2.75, 3.05) is 25.1 Å². The lowest BCUT2D eigenvalue weighted by molar-refractivity contribution is 0.110. The third kappa shape index (κ3) is 3.92. The van der Waals surface area contributed by atoms with Crippen LogP contribution in [0.3, 0.4) is 0 Å². The maximum atomic E-state index is 5.55. The maximum Gasteiger partial charge on any atom is 0.152 e. The molecule has 2 rings (SSSR count). The number of aromatic nitrogens is 3. The molecule has 5 nitrogen and oxygen atoms in total. The van der Waals surface area contributed by atoms with Crippen molar-refractivity contribution >= 4 is 11.3 Å². The van der Waals surface area contributed by atoms with E-state index in [1.165, 1.54) is 0 Å². The number of hydrogen-bond donors (Lipinski definition) is 1. The van der Waals surface area contributed by atoms with Gasteiger partial charge in [0.2, 0.25) is 0 Å². The van der Waals surface area contributed by atoms with E-state index in [2.05, 4.69) is 29.2 Å². The van der Waals surface area contributed by atoms with E-state index in [4.69, 9.17) is 4.74 Å². The molecule has 0 amide bonds. The van der Waals surface area contributed by atoms with Crippen LogP contribution in [0.5, 0.6) is 0 Å². The van der Waals surface area contributed by atoms with E-state index in [-0.39, 0.29) is 0 Å². The Morgan fingerprint density at radius 1 is 1.42 bits per heavy atom. The van der Waals surface area contributed by atoms with Gasteiger partial charge in [-0.15, -0.1) is 0 Å². The molecule has 0 spiro atoms. The van der Waals surface area contributed by atoms with Crippen LogP contribution in [-0.4, -0.2) is 34.4 Å². The van der Waals surface area contributed by atoms with Gasteiger partial charge < -0.3 is 10.1 Å². The molecule has 0 fully saturated rings. The molecule has 0 saturated heterocycles. The fourth-order valence-corrected chi connectivity index (χ4v) is 1.88. The van der Waals surface area contributed by atoms with Crippen molar-refractivity contribution < 1.29 is 4.74 Å². The summed E-state index contributed by atoms with van der Waals surface area (Å²) < 4.78 is 7.39. The first-order valence-corrected chi connectivity index (χ1v) is 6.79. The van der Waals surface area contributed by atoms with Crippen LogP contribution in [0.25, 0.3) is 5.52 Å². The average molecular weight is 262 g/mol. The van der Waals surface area contributed by atoms with Crippen molar-refractivity contribution in [3.8, 4) is 0 Å². The standard InChI is InChI=1S/C14H22N4O/c1-11(2)10-19-8-4-5-15-14-13-9-12(3)17-18(13)7-6-16-14/h6-7,9,11H,4-5,8,10H2,1-3H3,(H,15,16). The Kier molecular flexibility index (Phi) is 4.74. The lowest BCUT2D eigenvalue weighted by Crippen LogP contribution is -2.09. The third-order valence-corrected chi connectivity index (χ3v) is 2.72. The highest BCUT2D eigenvalue weighted by atomic mass is 16.5. The smallest absolute Gasteiger partial charge is 0.152 e.